The van der Waals surface area contributed by atoms with Crippen LogP contribution in [0.1, 0.15) is 43.1 Å². The molecule has 0 heterocycles. The first-order valence-electron chi connectivity index (χ1n) is 6.80. The number of nitrogens with one attached hydrogen (secondary N) is 1. The standard InChI is InChI=1S/C16H19F2NO3/c1-16(2,3)22-15(21)19-7-5-4-6-11-8-13(17)12(10-20)14(18)9-11/h4,6,8-10H,5,7H2,1-3H3,(H,19,21). The Labute approximate surface area is 128 Å². The van der Waals surface area contributed by atoms with Gasteiger partial charge in [-0.2, -0.15) is 0 Å². The van der Waals surface area contributed by atoms with Gasteiger partial charge in [0.15, 0.2) is 6.29 Å². The fourth-order valence-electron chi connectivity index (χ4n) is 1.60. The third kappa shape index (κ3) is 6.03. The van der Waals surface area contributed by atoms with Crippen molar-refractivity contribution in [1.82, 2.24) is 5.32 Å². The summed E-state index contributed by atoms with van der Waals surface area (Å²) in [5.41, 5.74) is -0.837. The van der Waals surface area contributed by atoms with Gasteiger partial charge in [0, 0.05) is 6.54 Å². The predicted molar refractivity (Wildman–Crippen MR) is 79.6 cm³/mol. The summed E-state index contributed by atoms with van der Waals surface area (Å²) in [5.74, 6) is -1.80. The molecule has 6 heteroatoms. The first-order valence-corrected chi connectivity index (χ1v) is 6.80. The second-order valence-corrected chi connectivity index (χ2v) is 5.64. The summed E-state index contributed by atoms with van der Waals surface area (Å²) in [5, 5.41) is 2.56. The third-order valence-corrected chi connectivity index (χ3v) is 2.51. The lowest BCUT2D eigenvalue weighted by atomic mass is 10.1. The van der Waals surface area contributed by atoms with Crippen LogP contribution in [-0.2, 0) is 4.74 Å². The molecule has 0 aliphatic heterocycles. The maximum absolute atomic E-state index is 13.4. The fraction of sp³-hybridized carbons (Fsp3) is 0.375. The number of aldehydes is 1. The van der Waals surface area contributed by atoms with E-state index in [2.05, 4.69) is 5.32 Å². The lowest BCUT2D eigenvalue weighted by Crippen LogP contribution is -2.32. The van der Waals surface area contributed by atoms with Crippen molar-refractivity contribution in [2.45, 2.75) is 32.8 Å². The van der Waals surface area contributed by atoms with Crippen LogP contribution in [0.15, 0.2) is 18.2 Å². The highest BCUT2D eigenvalue weighted by atomic mass is 19.1. The zero-order chi connectivity index (χ0) is 16.8. The van der Waals surface area contributed by atoms with E-state index in [1.165, 1.54) is 6.08 Å². The minimum absolute atomic E-state index is 0.142. The summed E-state index contributed by atoms with van der Waals surface area (Å²) in [6.07, 6.45) is 3.26. The van der Waals surface area contributed by atoms with Crippen molar-refractivity contribution in [3.63, 3.8) is 0 Å². The van der Waals surface area contributed by atoms with Crippen LogP contribution >= 0.6 is 0 Å². The van der Waals surface area contributed by atoms with Crippen molar-refractivity contribution in [2.24, 2.45) is 0 Å². The Balaban J connectivity index is 2.47. The summed E-state index contributed by atoms with van der Waals surface area (Å²) >= 11 is 0. The van der Waals surface area contributed by atoms with Gasteiger partial charge in [-0.05, 0) is 44.9 Å². The summed E-state index contributed by atoms with van der Waals surface area (Å²) in [4.78, 5) is 21.8. The van der Waals surface area contributed by atoms with Crippen molar-refractivity contribution in [1.29, 1.82) is 0 Å². The molecule has 1 aromatic rings. The number of hydrogen-bond acceptors (Lipinski definition) is 3. The average Bonchev–Trinajstić information content (AvgIpc) is 2.35. The Hall–Kier alpha value is -2.24. The number of alkyl carbamates (subject to hydrolysis) is 1. The van der Waals surface area contributed by atoms with Gasteiger partial charge in [-0.1, -0.05) is 12.2 Å². The van der Waals surface area contributed by atoms with Crippen LogP contribution in [0.2, 0.25) is 0 Å². The minimum Gasteiger partial charge on any atom is -0.444 e. The van der Waals surface area contributed by atoms with Gasteiger partial charge in [0.05, 0.1) is 5.56 Å². The normalized spacial score (nSPS) is 11.5. The third-order valence-electron chi connectivity index (χ3n) is 2.51. The smallest absolute Gasteiger partial charge is 0.407 e. The fourth-order valence-corrected chi connectivity index (χ4v) is 1.60. The van der Waals surface area contributed by atoms with Gasteiger partial charge in [0.1, 0.15) is 17.2 Å². The Morgan fingerprint density at radius 1 is 1.27 bits per heavy atom. The van der Waals surface area contributed by atoms with E-state index in [0.717, 1.165) is 12.1 Å². The van der Waals surface area contributed by atoms with Crippen LogP contribution < -0.4 is 5.32 Å². The van der Waals surface area contributed by atoms with E-state index >= 15 is 0 Å². The van der Waals surface area contributed by atoms with E-state index < -0.39 is 28.9 Å². The molecule has 0 aliphatic rings. The SMILES string of the molecule is CC(C)(C)OC(=O)NCCC=Cc1cc(F)c(C=O)c(F)c1. The first kappa shape index (κ1) is 17.8. The van der Waals surface area contributed by atoms with Crippen LogP contribution in [0.5, 0.6) is 0 Å². The molecule has 1 N–H and O–H groups in total. The Kier molecular flexibility index (Phi) is 6.22. The van der Waals surface area contributed by atoms with Gasteiger partial charge in [0.25, 0.3) is 0 Å². The van der Waals surface area contributed by atoms with E-state index in [0.29, 0.717) is 18.5 Å². The van der Waals surface area contributed by atoms with Crippen molar-refractivity contribution < 1.29 is 23.1 Å². The first-order chi connectivity index (χ1) is 10.2. The van der Waals surface area contributed by atoms with Crippen LogP contribution in [0.25, 0.3) is 6.08 Å². The molecule has 4 nitrogen and oxygen atoms in total. The van der Waals surface area contributed by atoms with E-state index in [-0.39, 0.29) is 6.29 Å². The average molecular weight is 311 g/mol. The molecule has 0 spiro atoms. The van der Waals surface area contributed by atoms with Crippen LogP contribution in [0, 0.1) is 11.6 Å². The van der Waals surface area contributed by atoms with Gasteiger partial charge in [-0.15, -0.1) is 0 Å². The van der Waals surface area contributed by atoms with Crippen molar-refractivity contribution >= 4 is 18.5 Å². The molecule has 0 saturated heterocycles. The molecule has 0 saturated carbocycles. The largest absolute Gasteiger partial charge is 0.444 e. The number of carbonyl (C=O) groups excluding carboxylic acids is 2. The van der Waals surface area contributed by atoms with Crippen molar-refractivity contribution in [3.8, 4) is 0 Å². The molecule has 0 aromatic heterocycles. The molecule has 0 aliphatic carbocycles. The quantitative estimate of drug-likeness (QED) is 0.666. The number of benzene rings is 1. The highest BCUT2D eigenvalue weighted by Crippen LogP contribution is 2.15. The maximum atomic E-state index is 13.4. The molecule has 1 aromatic carbocycles. The molecule has 0 atom stereocenters. The van der Waals surface area contributed by atoms with Crippen LogP contribution in [0.4, 0.5) is 13.6 Å². The number of amides is 1. The molecule has 22 heavy (non-hydrogen) atoms. The highest BCUT2D eigenvalue weighted by molar-refractivity contribution is 5.76. The molecule has 120 valence electrons. The number of ether oxygens (including phenoxy) is 1. The Morgan fingerprint density at radius 3 is 2.36 bits per heavy atom. The van der Waals surface area contributed by atoms with Crippen LogP contribution in [0.3, 0.4) is 0 Å². The van der Waals surface area contributed by atoms with Crippen LogP contribution in [-0.4, -0.2) is 24.5 Å². The number of hydrogen-bond donors (Lipinski definition) is 1. The zero-order valence-electron chi connectivity index (χ0n) is 12.8. The van der Waals surface area contributed by atoms with Gasteiger partial charge in [0.2, 0.25) is 0 Å². The van der Waals surface area contributed by atoms with Gasteiger partial charge >= 0.3 is 6.09 Å². The molecule has 0 unspecified atom stereocenters. The molecular weight excluding hydrogens is 292 g/mol. The van der Waals surface area contributed by atoms with E-state index in [1.54, 1.807) is 26.8 Å². The summed E-state index contributed by atoms with van der Waals surface area (Å²) in [6, 6.07) is 2.15. The number of halogens is 2. The monoisotopic (exact) mass is 311 g/mol. The summed E-state index contributed by atoms with van der Waals surface area (Å²) in [7, 11) is 0. The van der Waals surface area contributed by atoms with E-state index in [1.807, 2.05) is 0 Å². The van der Waals surface area contributed by atoms with Gasteiger partial charge in [-0.25, -0.2) is 13.6 Å². The lowest BCUT2D eigenvalue weighted by molar-refractivity contribution is 0.0528. The lowest BCUT2D eigenvalue weighted by Gasteiger charge is -2.19. The summed E-state index contributed by atoms with van der Waals surface area (Å²) < 4.78 is 31.8. The second-order valence-electron chi connectivity index (χ2n) is 5.64. The number of rotatable bonds is 5. The molecule has 0 bridgehead atoms. The Bertz CT molecular complexity index is 554. The van der Waals surface area contributed by atoms with E-state index in [4.69, 9.17) is 4.74 Å². The molecule has 0 radical (unpaired) electrons. The zero-order valence-corrected chi connectivity index (χ0v) is 12.8. The second kappa shape index (κ2) is 7.68. The molecule has 1 amide bonds. The molecule has 1 rings (SSSR count). The maximum Gasteiger partial charge on any atom is 0.407 e. The Morgan fingerprint density at radius 2 is 1.86 bits per heavy atom. The topological polar surface area (TPSA) is 55.4 Å². The molecule has 0 fully saturated rings. The van der Waals surface area contributed by atoms with Crippen molar-refractivity contribution in [3.05, 3.63) is 41.0 Å². The number of carbonyl (C=O) groups is 2. The summed E-state index contributed by atoms with van der Waals surface area (Å²) in [6.45, 7) is 5.62. The molecular formula is C16H19F2NO3. The van der Waals surface area contributed by atoms with E-state index in [9.17, 15) is 18.4 Å². The minimum atomic E-state index is -0.901. The predicted octanol–water partition coefficient (Wildman–Crippen LogP) is 3.71. The van der Waals surface area contributed by atoms with Gasteiger partial charge in [-0.3, -0.25) is 4.79 Å². The van der Waals surface area contributed by atoms with Crippen molar-refractivity contribution in [2.75, 3.05) is 6.54 Å². The van der Waals surface area contributed by atoms with Gasteiger partial charge < -0.3 is 10.1 Å². The highest BCUT2D eigenvalue weighted by Gasteiger charge is 2.15.